The SMILES string of the molecule is COc1cc([C@H]2C(C(=O)OCc3ccccc3)=C(C)NC3=C2C(=O)CCC3)ccc1O. The molecule has 4 rings (SSSR count). The zero-order chi connectivity index (χ0) is 22.0. The molecular formula is C25H25NO5. The summed E-state index contributed by atoms with van der Waals surface area (Å²) in [5.74, 6) is -0.751. The van der Waals surface area contributed by atoms with E-state index in [4.69, 9.17) is 9.47 Å². The summed E-state index contributed by atoms with van der Waals surface area (Å²) in [6, 6.07) is 14.4. The minimum Gasteiger partial charge on any atom is -0.504 e. The first-order valence-electron chi connectivity index (χ1n) is 10.3. The molecule has 2 aliphatic rings. The van der Waals surface area contributed by atoms with Crippen molar-refractivity contribution >= 4 is 11.8 Å². The van der Waals surface area contributed by atoms with Gasteiger partial charge in [-0.15, -0.1) is 0 Å². The summed E-state index contributed by atoms with van der Waals surface area (Å²) in [4.78, 5) is 26.2. The van der Waals surface area contributed by atoms with Crippen molar-refractivity contribution in [3.63, 3.8) is 0 Å². The number of nitrogens with one attached hydrogen (secondary N) is 1. The number of carbonyl (C=O) groups is 2. The number of Topliss-reactive ketones (excluding diaryl/α,β-unsaturated/α-hetero) is 1. The lowest BCUT2D eigenvalue weighted by molar-refractivity contribution is -0.140. The second-order valence-electron chi connectivity index (χ2n) is 7.76. The number of esters is 1. The lowest BCUT2D eigenvalue weighted by Gasteiger charge is -2.34. The molecule has 0 saturated carbocycles. The fraction of sp³-hybridized carbons (Fsp3) is 0.280. The van der Waals surface area contributed by atoms with Crippen LogP contribution in [-0.2, 0) is 20.9 Å². The van der Waals surface area contributed by atoms with Crippen molar-refractivity contribution in [3.8, 4) is 11.5 Å². The van der Waals surface area contributed by atoms with E-state index in [1.165, 1.54) is 13.2 Å². The Morgan fingerprint density at radius 3 is 2.68 bits per heavy atom. The first-order chi connectivity index (χ1) is 15.0. The quantitative estimate of drug-likeness (QED) is 0.710. The Kier molecular flexibility index (Phi) is 5.80. The van der Waals surface area contributed by atoms with Crippen molar-refractivity contribution in [1.29, 1.82) is 0 Å². The molecule has 0 aromatic heterocycles. The minimum absolute atomic E-state index is 0.00161. The van der Waals surface area contributed by atoms with Gasteiger partial charge in [-0.25, -0.2) is 4.79 Å². The van der Waals surface area contributed by atoms with Crippen LogP contribution < -0.4 is 10.1 Å². The number of ketones is 1. The molecule has 1 aliphatic carbocycles. The molecule has 0 saturated heterocycles. The molecule has 2 aromatic rings. The molecule has 1 heterocycles. The first-order valence-corrected chi connectivity index (χ1v) is 10.3. The molecule has 31 heavy (non-hydrogen) atoms. The Morgan fingerprint density at radius 1 is 1.16 bits per heavy atom. The van der Waals surface area contributed by atoms with Crippen LogP contribution in [-0.4, -0.2) is 24.0 Å². The number of phenolic OH excluding ortho intramolecular Hbond substituents is 1. The Labute approximate surface area is 181 Å². The maximum Gasteiger partial charge on any atom is 0.337 e. The number of allylic oxidation sites excluding steroid dienone is 3. The molecule has 0 unspecified atom stereocenters. The van der Waals surface area contributed by atoms with E-state index < -0.39 is 11.9 Å². The van der Waals surface area contributed by atoms with Crippen molar-refractivity contribution in [3.05, 3.63) is 82.2 Å². The van der Waals surface area contributed by atoms with Crippen LogP contribution in [0.1, 0.15) is 43.2 Å². The fourth-order valence-corrected chi connectivity index (χ4v) is 4.26. The largest absolute Gasteiger partial charge is 0.504 e. The van der Waals surface area contributed by atoms with Gasteiger partial charge in [-0.1, -0.05) is 36.4 Å². The van der Waals surface area contributed by atoms with Gasteiger partial charge in [0, 0.05) is 29.3 Å². The molecular weight excluding hydrogens is 394 g/mol. The molecule has 2 aromatic carbocycles. The number of dihydropyridines is 1. The van der Waals surface area contributed by atoms with Crippen LogP contribution in [0.2, 0.25) is 0 Å². The fourth-order valence-electron chi connectivity index (χ4n) is 4.26. The standard InChI is InChI=1S/C25H25NO5/c1-15-22(25(29)31-14-16-7-4-3-5-8-16)23(17-11-12-19(27)21(13-17)30-2)24-18(26-15)9-6-10-20(24)28/h3-5,7-8,11-13,23,26-27H,6,9-10,14H2,1-2H3/t23-/m0/s1. The number of phenols is 1. The van der Waals surface area contributed by atoms with E-state index in [2.05, 4.69) is 5.32 Å². The second kappa shape index (κ2) is 8.68. The van der Waals surface area contributed by atoms with E-state index in [1.54, 1.807) is 12.1 Å². The Hall–Kier alpha value is -3.54. The maximum atomic E-state index is 13.2. The van der Waals surface area contributed by atoms with Gasteiger partial charge in [0.25, 0.3) is 0 Å². The molecule has 0 radical (unpaired) electrons. The summed E-state index contributed by atoms with van der Waals surface area (Å²) in [5.41, 5.74) is 4.10. The van der Waals surface area contributed by atoms with Crippen LogP contribution in [0.3, 0.4) is 0 Å². The molecule has 0 spiro atoms. The summed E-state index contributed by atoms with van der Waals surface area (Å²) < 4.78 is 10.9. The number of aromatic hydroxyl groups is 1. The van der Waals surface area contributed by atoms with Crippen LogP contribution in [0.4, 0.5) is 0 Å². The molecule has 0 bridgehead atoms. The Bertz CT molecular complexity index is 1080. The summed E-state index contributed by atoms with van der Waals surface area (Å²) in [6.07, 6.45) is 1.96. The van der Waals surface area contributed by atoms with Crippen LogP contribution in [0, 0.1) is 0 Å². The highest BCUT2D eigenvalue weighted by Gasteiger charge is 2.39. The number of ether oxygens (including phenoxy) is 2. The van der Waals surface area contributed by atoms with Crippen LogP contribution in [0.25, 0.3) is 0 Å². The number of hydrogen-bond donors (Lipinski definition) is 2. The van der Waals surface area contributed by atoms with Gasteiger partial charge in [-0.3, -0.25) is 4.79 Å². The normalized spacial score (nSPS) is 18.4. The second-order valence-corrected chi connectivity index (χ2v) is 7.76. The van der Waals surface area contributed by atoms with E-state index in [0.717, 1.165) is 24.1 Å². The van der Waals surface area contributed by atoms with Crippen molar-refractivity contribution < 1.29 is 24.2 Å². The van der Waals surface area contributed by atoms with Gasteiger partial charge in [0.15, 0.2) is 17.3 Å². The molecule has 1 aliphatic heterocycles. The van der Waals surface area contributed by atoms with Gasteiger partial charge < -0.3 is 19.9 Å². The number of rotatable bonds is 5. The maximum absolute atomic E-state index is 13.2. The molecule has 1 atom stereocenters. The van der Waals surface area contributed by atoms with E-state index in [0.29, 0.717) is 28.8 Å². The molecule has 2 N–H and O–H groups in total. The summed E-state index contributed by atoms with van der Waals surface area (Å²) in [7, 11) is 1.47. The summed E-state index contributed by atoms with van der Waals surface area (Å²) in [5, 5.41) is 13.3. The molecule has 0 fully saturated rings. The lowest BCUT2D eigenvalue weighted by atomic mass is 9.75. The third kappa shape index (κ3) is 4.06. The molecule has 6 nitrogen and oxygen atoms in total. The summed E-state index contributed by atoms with van der Waals surface area (Å²) in [6.45, 7) is 1.97. The lowest BCUT2D eigenvalue weighted by Crippen LogP contribution is -2.34. The summed E-state index contributed by atoms with van der Waals surface area (Å²) >= 11 is 0. The average molecular weight is 419 g/mol. The minimum atomic E-state index is -0.582. The van der Waals surface area contributed by atoms with Crippen molar-refractivity contribution in [2.45, 2.75) is 38.7 Å². The van der Waals surface area contributed by atoms with Crippen LogP contribution in [0.15, 0.2) is 71.1 Å². The average Bonchev–Trinajstić information content (AvgIpc) is 2.78. The smallest absolute Gasteiger partial charge is 0.337 e. The number of methoxy groups -OCH3 is 1. The van der Waals surface area contributed by atoms with E-state index in [-0.39, 0.29) is 23.9 Å². The van der Waals surface area contributed by atoms with Gasteiger partial charge in [0.05, 0.1) is 12.7 Å². The molecule has 0 amide bonds. The van der Waals surface area contributed by atoms with Crippen LogP contribution >= 0.6 is 0 Å². The monoisotopic (exact) mass is 419 g/mol. The van der Waals surface area contributed by atoms with Gasteiger partial charge in [0.1, 0.15) is 6.61 Å². The van der Waals surface area contributed by atoms with Crippen molar-refractivity contribution in [2.24, 2.45) is 0 Å². The van der Waals surface area contributed by atoms with Gasteiger partial charge in [-0.2, -0.15) is 0 Å². The Morgan fingerprint density at radius 2 is 1.94 bits per heavy atom. The van der Waals surface area contributed by atoms with Crippen molar-refractivity contribution in [1.82, 2.24) is 5.32 Å². The Balaban J connectivity index is 1.74. The molecule has 6 heteroatoms. The van der Waals surface area contributed by atoms with Gasteiger partial charge >= 0.3 is 5.97 Å². The highest BCUT2D eigenvalue weighted by atomic mass is 16.5. The highest BCUT2D eigenvalue weighted by molar-refractivity contribution is 6.03. The zero-order valence-electron chi connectivity index (χ0n) is 17.6. The van der Waals surface area contributed by atoms with Crippen LogP contribution in [0.5, 0.6) is 11.5 Å². The van der Waals surface area contributed by atoms with Crippen molar-refractivity contribution in [2.75, 3.05) is 7.11 Å². The first kappa shape index (κ1) is 20.7. The highest BCUT2D eigenvalue weighted by Crippen LogP contribution is 2.44. The zero-order valence-corrected chi connectivity index (χ0v) is 17.6. The number of hydrogen-bond acceptors (Lipinski definition) is 6. The van der Waals surface area contributed by atoms with Gasteiger partial charge in [0.2, 0.25) is 0 Å². The van der Waals surface area contributed by atoms with E-state index in [9.17, 15) is 14.7 Å². The van der Waals surface area contributed by atoms with Gasteiger partial charge in [-0.05, 0) is 43.0 Å². The molecule has 160 valence electrons. The van der Waals surface area contributed by atoms with E-state index in [1.807, 2.05) is 37.3 Å². The number of carbonyl (C=O) groups excluding carboxylic acids is 2. The predicted molar refractivity (Wildman–Crippen MR) is 115 cm³/mol. The predicted octanol–water partition coefficient (Wildman–Crippen LogP) is 4.11. The topological polar surface area (TPSA) is 84.9 Å². The number of benzene rings is 2. The third-order valence-electron chi connectivity index (χ3n) is 5.75. The third-order valence-corrected chi connectivity index (χ3v) is 5.75. The van der Waals surface area contributed by atoms with E-state index >= 15 is 0 Å².